The van der Waals surface area contributed by atoms with E-state index >= 15 is 0 Å². The quantitative estimate of drug-likeness (QED) is 0.517. The molecule has 0 aliphatic carbocycles. The van der Waals surface area contributed by atoms with Crippen LogP contribution >= 0.6 is 11.3 Å². The number of nitrogens with zero attached hydrogens (tertiary/aromatic N) is 2. The summed E-state index contributed by atoms with van der Waals surface area (Å²) in [6, 6.07) is 5.45. The van der Waals surface area contributed by atoms with Crippen molar-refractivity contribution in [2.24, 2.45) is 4.40 Å². The SMILES string of the molecule is CCOC(=O)c1csc([C@@H]2CC(=N[S+]([O-])C(C)(C)C)c3ccc(OC)cc3O2)n1. The molecule has 7 nitrogen and oxygen atoms in total. The lowest BCUT2D eigenvalue weighted by molar-refractivity contribution is 0.0519. The van der Waals surface area contributed by atoms with Crippen molar-refractivity contribution < 1.29 is 23.6 Å². The number of esters is 1. The van der Waals surface area contributed by atoms with Gasteiger partial charge in [0.15, 0.2) is 11.8 Å². The molecule has 3 rings (SSSR count). The molecule has 0 N–H and O–H groups in total. The lowest BCUT2D eigenvalue weighted by Gasteiger charge is -2.27. The van der Waals surface area contributed by atoms with Crippen LogP contribution in [0.3, 0.4) is 0 Å². The first-order chi connectivity index (χ1) is 13.7. The molecule has 29 heavy (non-hydrogen) atoms. The van der Waals surface area contributed by atoms with E-state index in [0.717, 1.165) is 5.56 Å². The predicted octanol–water partition coefficient (Wildman–Crippen LogP) is 4.10. The van der Waals surface area contributed by atoms with Gasteiger partial charge in [0.25, 0.3) is 0 Å². The van der Waals surface area contributed by atoms with Crippen LogP contribution in [0.15, 0.2) is 28.0 Å². The topological polar surface area (TPSA) is 93.1 Å². The van der Waals surface area contributed by atoms with Crippen LogP contribution in [-0.4, -0.2) is 39.7 Å². The minimum Gasteiger partial charge on any atom is -0.591 e. The fraction of sp³-hybridized carbons (Fsp3) is 0.450. The first kappa shape index (κ1) is 21.6. The molecule has 0 radical (unpaired) electrons. The van der Waals surface area contributed by atoms with E-state index in [2.05, 4.69) is 9.38 Å². The van der Waals surface area contributed by atoms with Gasteiger partial charge < -0.3 is 18.8 Å². The molecular weight excluding hydrogens is 412 g/mol. The normalized spacial score (nSPS) is 18.7. The van der Waals surface area contributed by atoms with Gasteiger partial charge in [-0.2, -0.15) is 0 Å². The highest BCUT2D eigenvalue weighted by Gasteiger charge is 2.33. The standard InChI is InChI=1S/C20H24N2O5S2/c1-6-26-19(23)15-11-28-18(21-15)17-10-14(22-29(24)20(2,3)4)13-8-7-12(25-5)9-16(13)27-17/h7-9,11,17H,6,10H2,1-5H3/t17-,29?/m0/s1. The van der Waals surface area contributed by atoms with Crippen molar-refractivity contribution in [1.82, 2.24) is 4.98 Å². The van der Waals surface area contributed by atoms with E-state index in [-0.39, 0.29) is 12.3 Å². The van der Waals surface area contributed by atoms with Crippen molar-refractivity contribution in [1.29, 1.82) is 0 Å². The molecule has 9 heteroatoms. The molecule has 1 unspecified atom stereocenters. The lowest BCUT2D eigenvalue weighted by atomic mass is 10.00. The molecule has 0 amide bonds. The predicted molar refractivity (Wildman–Crippen MR) is 113 cm³/mol. The summed E-state index contributed by atoms with van der Waals surface area (Å²) >= 11 is -0.0931. The first-order valence-electron chi connectivity index (χ1n) is 9.20. The Bertz CT molecular complexity index is 920. The Balaban J connectivity index is 1.97. The Morgan fingerprint density at radius 3 is 2.86 bits per heavy atom. The number of aromatic nitrogens is 1. The molecule has 0 fully saturated rings. The Kier molecular flexibility index (Phi) is 6.50. The van der Waals surface area contributed by atoms with Crippen LogP contribution in [0.1, 0.15) is 61.3 Å². The monoisotopic (exact) mass is 436 g/mol. The van der Waals surface area contributed by atoms with Gasteiger partial charge in [-0.1, -0.05) is 4.40 Å². The number of ether oxygens (including phenoxy) is 3. The van der Waals surface area contributed by atoms with Crippen LogP contribution in [0.25, 0.3) is 0 Å². The maximum Gasteiger partial charge on any atom is 0.357 e. The molecule has 1 aromatic carbocycles. The Morgan fingerprint density at radius 1 is 1.45 bits per heavy atom. The van der Waals surface area contributed by atoms with E-state index in [1.54, 1.807) is 25.5 Å². The molecule has 0 spiro atoms. The summed E-state index contributed by atoms with van der Waals surface area (Å²) in [6.45, 7) is 7.67. The zero-order chi connectivity index (χ0) is 21.2. The fourth-order valence-electron chi connectivity index (χ4n) is 2.64. The Hall–Kier alpha value is -2.10. The number of benzene rings is 1. The molecule has 1 aliphatic rings. The number of hydrogen-bond donors (Lipinski definition) is 0. The highest BCUT2D eigenvalue weighted by atomic mass is 32.2. The maximum atomic E-state index is 12.7. The number of fused-ring (bicyclic) bond motifs is 1. The third-order valence-electron chi connectivity index (χ3n) is 4.15. The average molecular weight is 437 g/mol. The number of carbonyl (C=O) groups is 1. The second kappa shape index (κ2) is 8.73. The molecule has 0 saturated heterocycles. The summed E-state index contributed by atoms with van der Waals surface area (Å²) < 4.78 is 33.1. The van der Waals surface area contributed by atoms with Crippen LogP contribution in [-0.2, 0) is 16.1 Å². The van der Waals surface area contributed by atoms with Gasteiger partial charge in [0.2, 0.25) is 0 Å². The molecule has 1 aromatic heterocycles. The number of rotatable bonds is 5. The van der Waals surface area contributed by atoms with Crippen LogP contribution in [0.2, 0.25) is 0 Å². The summed E-state index contributed by atoms with van der Waals surface area (Å²) in [7, 11) is 1.58. The zero-order valence-electron chi connectivity index (χ0n) is 17.1. The summed E-state index contributed by atoms with van der Waals surface area (Å²) in [5.41, 5.74) is 1.71. The van der Waals surface area contributed by atoms with Gasteiger partial charge in [-0.25, -0.2) is 9.78 Å². The summed E-state index contributed by atoms with van der Waals surface area (Å²) in [4.78, 5) is 16.3. The van der Waals surface area contributed by atoms with Crippen molar-refractivity contribution in [3.8, 4) is 11.5 Å². The van der Waals surface area contributed by atoms with E-state index < -0.39 is 28.2 Å². The molecule has 2 atom stereocenters. The molecule has 156 valence electrons. The van der Waals surface area contributed by atoms with E-state index in [4.69, 9.17) is 14.2 Å². The van der Waals surface area contributed by atoms with E-state index in [9.17, 15) is 9.35 Å². The van der Waals surface area contributed by atoms with Crippen LogP contribution in [0.4, 0.5) is 0 Å². The minimum absolute atomic E-state index is 0.253. The van der Waals surface area contributed by atoms with Crippen molar-refractivity contribution in [3.05, 3.63) is 39.8 Å². The molecule has 1 aliphatic heterocycles. The van der Waals surface area contributed by atoms with Crippen LogP contribution in [0.5, 0.6) is 11.5 Å². The van der Waals surface area contributed by atoms with Crippen molar-refractivity contribution in [3.63, 3.8) is 0 Å². The summed E-state index contributed by atoms with van der Waals surface area (Å²) in [5.74, 6) is 0.765. The van der Waals surface area contributed by atoms with Crippen LogP contribution < -0.4 is 9.47 Å². The number of carbonyl (C=O) groups excluding carboxylic acids is 1. The summed E-state index contributed by atoms with van der Waals surface area (Å²) in [6.07, 6.45) is -0.0461. The van der Waals surface area contributed by atoms with Gasteiger partial charge in [-0.05, 0) is 39.8 Å². The van der Waals surface area contributed by atoms with E-state index in [0.29, 0.717) is 28.6 Å². The number of hydrogen-bond acceptors (Lipinski definition) is 8. The van der Waals surface area contributed by atoms with Crippen molar-refractivity contribution in [2.45, 2.75) is 45.0 Å². The molecule has 0 bridgehead atoms. The average Bonchev–Trinajstić information content (AvgIpc) is 3.17. The minimum atomic E-state index is -1.42. The van der Waals surface area contributed by atoms with Gasteiger partial charge in [0.1, 0.15) is 38.3 Å². The Morgan fingerprint density at radius 2 is 2.21 bits per heavy atom. The largest absolute Gasteiger partial charge is 0.591 e. The second-order valence-corrected chi connectivity index (χ2v) is 10.2. The Labute approximate surface area is 177 Å². The van der Waals surface area contributed by atoms with E-state index in [1.807, 2.05) is 32.9 Å². The van der Waals surface area contributed by atoms with Gasteiger partial charge >= 0.3 is 5.97 Å². The third-order valence-corrected chi connectivity index (χ3v) is 6.52. The van der Waals surface area contributed by atoms with Gasteiger partial charge in [-0.15, -0.1) is 11.3 Å². The van der Waals surface area contributed by atoms with Crippen molar-refractivity contribution >= 4 is 34.4 Å². The van der Waals surface area contributed by atoms with Crippen molar-refractivity contribution in [2.75, 3.05) is 13.7 Å². The fourth-order valence-corrected chi connectivity index (χ4v) is 4.10. The highest BCUT2D eigenvalue weighted by molar-refractivity contribution is 7.91. The van der Waals surface area contributed by atoms with E-state index in [1.165, 1.54) is 11.3 Å². The number of thiazole rings is 1. The summed E-state index contributed by atoms with van der Waals surface area (Å²) in [5, 5.41) is 2.29. The van der Waals surface area contributed by atoms with Gasteiger partial charge in [-0.3, -0.25) is 0 Å². The molecule has 2 aromatic rings. The maximum absolute atomic E-state index is 12.7. The lowest BCUT2D eigenvalue weighted by Crippen LogP contribution is -2.29. The van der Waals surface area contributed by atoms with Gasteiger partial charge in [0.05, 0.1) is 13.7 Å². The molecule has 2 heterocycles. The van der Waals surface area contributed by atoms with Crippen LogP contribution in [0, 0.1) is 0 Å². The number of methoxy groups -OCH3 is 1. The van der Waals surface area contributed by atoms with Gasteiger partial charge in [0, 0.05) is 23.4 Å². The molecular formula is C20H24N2O5S2. The third kappa shape index (κ3) is 4.91. The smallest absolute Gasteiger partial charge is 0.357 e. The second-order valence-electron chi connectivity index (χ2n) is 7.36. The highest BCUT2D eigenvalue weighted by Crippen LogP contribution is 2.39. The zero-order valence-corrected chi connectivity index (χ0v) is 18.7. The first-order valence-corrected chi connectivity index (χ1v) is 11.2. The molecule has 0 saturated carbocycles.